The van der Waals surface area contributed by atoms with Crippen LogP contribution in [0, 0.1) is 0 Å². The molecule has 0 aliphatic rings. The van der Waals surface area contributed by atoms with Crippen LogP contribution in [0.2, 0.25) is 5.15 Å². The number of aromatic nitrogens is 2. The van der Waals surface area contributed by atoms with Crippen molar-refractivity contribution in [2.75, 3.05) is 7.05 Å². The molecule has 0 unspecified atom stereocenters. The van der Waals surface area contributed by atoms with E-state index in [0.29, 0.717) is 0 Å². The van der Waals surface area contributed by atoms with Gasteiger partial charge in [-0.05, 0) is 0 Å². The van der Waals surface area contributed by atoms with E-state index in [1.807, 2.05) is 0 Å². The molecule has 1 aromatic heterocycles. The normalized spacial score (nSPS) is 9.27. The molecule has 1 amide bonds. The Labute approximate surface area is 68.6 Å². The first-order chi connectivity index (χ1) is 5.24. The van der Waals surface area contributed by atoms with Gasteiger partial charge in [0.05, 0.1) is 12.4 Å². The van der Waals surface area contributed by atoms with Crippen molar-refractivity contribution in [3.05, 3.63) is 23.2 Å². The van der Waals surface area contributed by atoms with Gasteiger partial charge in [-0.1, -0.05) is 11.6 Å². The Bertz CT molecular complexity index is 276. The van der Waals surface area contributed by atoms with Crippen LogP contribution in [0.5, 0.6) is 0 Å². The van der Waals surface area contributed by atoms with Gasteiger partial charge in [-0.15, -0.1) is 0 Å². The summed E-state index contributed by atoms with van der Waals surface area (Å²) in [7, 11) is 1.52. The van der Waals surface area contributed by atoms with E-state index >= 15 is 0 Å². The summed E-state index contributed by atoms with van der Waals surface area (Å²) in [5, 5.41) is 2.62. The first-order valence-corrected chi connectivity index (χ1v) is 3.31. The second-order valence-corrected chi connectivity index (χ2v) is 2.19. The van der Waals surface area contributed by atoms with Gasteiger partial charge in [0.2, 0.25) is 0 Å². The number of carbonyl (C=O) groups excluding carboxylic acids is 1. The van der Waals surface area contributed by atoms with Crippen molar-refractivity contribution in [2.45, 2.75) is 0 Å². The highest BCUT2D eigenvalue weighted by molar-refractivity contribution is 6.29. The molecule has 0 atom stereocenters. The van der Waals surface area contributed by atoms with Gasteiger partial charge >= 0.3 is 0 Å². The van der Waals surface area contributed by atoms with Crippen LogP contribution in [0.3, 0.4) is 0 Å². The third-order valence-electron chi connectivity index (χ3n) is 1.06. The molecule has 0 aromatic carbocycles. The fraction of sp³-hybridized carbons (Fsp3) is 0.167. The molecule has 0 saturated carbocycles. The highest BCUT2D eigenvalue weighted by Crippen LogP contribution is 2.01. The van der Waals surface area contributed by atoms with Gasteiger partial charge in [0.1, 0.15) is 10.8 Å². The van der Waals surface area contributed by atoms with Gasteiger partial charge in [0, 0.05) is 7.05 Å². The number of nitrogens with zero attached hydrogens (tertiary/aromatic N) is 2. The Balaban J connectivity index is 2.96. The van der Waals surface area contributed by atoms with Gasteiger partial charge in [-0.3, -0.25) is 9.78 Å². The molecular formula is C6H6ClN3O. The Morgan fingerprint density at radius 2 is 2.36 bits per heavy atom. The maximum absolute atomic E-state index is 10.9. The average molecular weight is 172 g/mol. The minimum Gasteiger partial charge on any atom is -0.354 e. The average Bonchev–Trinajstić information content (AvgIpc) is 2.03. The van der Waals surface area contributed by atoms with Crippen LogP contribution in [0.15, 0.2) is 12.4 Å². The van der Waals surface area contributed by atoms with Crippen molar-refractivity contribution in [1.82, 2.24) is 15.3 Å². The van der Waals surface area contributed by atoms with Crippen LogP contribution in [-0.2, 0) is 0 Å². The monoisotopic (exact) mass is 171 g/mol. The molecule has 5 heteroatoms. The minimum absolute atomic E-state index is 0.214. The summed E-state index contributed by atoms with van der Waals surface area (Å²) in [6, 6.07) is 0. The molecule has 1 rings (SSSR count). The lowest BCUT2D eigenvalue weighted by Gasteiger charge is -1.96. The number of halogens is 1. The second kappa shape index (κ2) is 3.30. The zero-order valence-electron chi connectivity index (χ0n) is 5.84. The highest BCUT2D eigenvalue weighted by atomic mass is 35.5. The van der Waals surface area contributed by atoms with E-state index in [-0.39, 0.29) is 16.8 Å². The Kier molecular flexibility index (Phi) is 2.38. The van der Waals surface area contributed by atoms with E-state index in [1.54, 1.807) is 0 Å². The van der Waals surface area contributed by atoms with E-state index in [0.717, 1.165) is 0 Å². The number of amides is 1. The van der Waals surface area contributed by atoms with Gasteiger partial charge in [-0.25, -0.2) is 4.98 Å². The van der Waals surface area contributed by atoms with Crippen LogP contribution >= 0.6 is 11.6 Å². The molecule has 0 spiro atoms. The van der Waals surface area contributed by atoms with Crippen molar-refractivity contribution in [3.8, 4) is 0 Å². The van der Waals surface area contributed by atoms with Gasteiger partial charge in [0.15, 0.2) is 0 Å². The second-order valence-electron chi connectivity index (χ2n) is 1.81. The molecule has 0 fully saturated rings. The third kappa shape index (κ3) is 1.88. The highest BCUT2D eigenvalue weighted by Gasteiger charge is 2.04. The zero-order valence-corrected chi connectivity index (χ0v) is 6.59. The summed E-state index contributed by atoms with van der Waals surface area (Å²) in [4.78, 5) is 18.3. The van der Waals surface area contributed by atoms with E-state index in [1.165, 1.54) is 19.4 Å². The maximum atomic E-state index is 10.9. The van der Waals surface area contributed by atoms with Crippen LogP contribution in [0.25, 0.3) is 0 Å². The number of hydrogen-bond acceptors (Lipinski definition) is 3. The standard InChI is InChI=1S/C6H6ClN3O/c1-8-6(11)4-2-9-3-5(7)10-4/h2-3H,1H3,(H,8,11). The largest absolute Gasteiger partial charge is 0.354 e. The fourth-order valence-electron chi connectivity index (χ4n) is 0.580. The minimum atomic E-state index is -0.292. The molecule has 0 saturated heterocycles. The Morgan fingerprint density at radius 1 is 1.64 bits per heavy atom. The van der Waals surface area contributed by atoms with Crippen molar-refractivity contribution >= 4 is 17.5 Å². The molecule has 0 aliphatic carbocycles. The molecule has 0 radical (unpaired) electrons. The molecule has 1 aromatic rings. The predicted octanol–water partition coefficient (Wildman–Crippen LogP) is 0.490. The number of carbonyl (C=O) groups is 1. The van der Waals surface area contributed by atoms with E-state index in [9.17, 15) is 4.79 Å². The number of rotatable bonds is 1. The lowest BCUT2D eigenvalue weighted by molar-refractivity contribution is 0.0958. The van der Waals surface area contributed by atoms with Gasteiger partial charge in [-0.2, -0.15) is 0 Å². The van der Waals surface area contributed by atoms with Gasteiger partial charge < -0.3 is 5.32 Å². The van der Waals surface area contributed by atoms with Crippen LogP contribution < -0.4 is 5.32 Å². The van der Waals surface area contributed by atoms with E-state index in [2.05, 4.69) is 15.3 Å². The Morgan fingerprint density at radius 3 is 2.91 bits per heavy atom. The van der Waals surface area contributed by atoms with Crippen LogP contribution in [0.4, 0.5) is 0 Å². The summed E-state index contributed by atoms with van der Waals surface area (Å²) in [5.41, 5.74) is 0.222. The summed E-state index contributed by atoms with van der Waals surface area (Å²) in [6.45, 7) is 0. The van der Waals surface area contributed by atoms with E-state index in [4.69, 9.17) is 11.6 Å². The fourth-order valence-corrected chi connectivity index (χ4v) is 0.727. The number of nitrogens with one attached hydrogen (secondary N) is 1. The number of hydrogen-bond donors (Lipinski definition) is 1. The third-order valence-corrected chi connectivity index (χ3v) is 1.25. The van der Waals surface area contributed by atoms with Gasteiger partial charge in [0.25, 0.3) is 5.91 Å². The smallest absolute Gasteiger partial charge is 0.271 e. The first-order valence-electron chi connectivity index (χ1n) is 2.93. The predicted molar refractivity (Wildman–Crippen MR) is 40.4 cm³/mol. The van der Waals surface area contributed by atoms with E-state index < -0.39 is 0 Å². The molecule has 4 nitrogen and oxygen atoms in total. The molecule has 0 bridgehead atoms. The lowest BCUT2D eigenvalue weighted by Crippen LogP contribution is -2.19. The summed E-state index contributed by atoms with van der Waals surface area (Å²) >= 11 is 5.49. The summed E-state index contributed by atoms with van der Waals surface area (Å²) < 4.78 is 0. The van der Waals surface area contributed by atoms with Crippen LogP contribution in [0.1, 0.15) is 10.5 Å². The quantitative estimate of drug-likeness (QED) is 0.669. The summed E-state index contributed by atoms with van der Waals surface area (Å²) in [5.74, 6) is -0.292. The van der Waals surface area contributed by atoms with Crippen molar-refractivity contribution in [2.24, 2.45) is 0 Å². The molecule has 11 heavy (non-hydrogen) atoms. The first kappa shape index (κ1) is 7.94. The molecular weight excluding hydrogens is 166 g/mol. The molecule has 58 valence electrons. The molecule has 1 heterocycles. The zero-order chi connectivity index (χ0) is 8.27. The van der Waals surface area contributed by atoms with Crippen molar-refractivity contribution in [3.63, 3.8) is 0 Å². The molecule has 0 aliphatic heterocycles. The summed E-state index contributed by atoms with van der Waals surface area (Å²) in [6.07, 6.45) is 2.72. The Hall–Kier alpha value is -1.16. The SMILES string of the molecule is CNC(=O)c1cncc(Cl)n1. The van der Waals surface area contributed by atoms with Crippen molar-refractivity contribution in [1.29, 1.82) is 0 Å². The lowest BCUT2D eigenvalue weighted by atomic mass is 10.4. The van der Waals surface area contributed by atoms with Crippen molar-refractivity contribution < 1.29 is 4.79 Å². The van der Waals surface area contributed by atoms with Crippen LogP contribution in [-0.4, -0.2) is 22.9 Å². The molecule has 1 N–H and O–H groups in total. The topological polar surface area (TPSA) is 54.9 Å². The maximum Gasteiger partial charge on any atom is 0.271 e.